The van der Waals surface area contributed by atoms with Gasteiger partial charge in [-0.3, -0.25) is 9.59 Å². The third-order valence-electron chi connectivity index (χ3n) is 5.69. The van der Waals surface area contributed by atoms with Crippen LogP contribution >= 0.6 is 11.6 Å². The molecular formula is C24H13ClF5N3O2. The molecule has 1 atom stereocenters. The van der Waals surface area contributed by atoms with Gasteiger partial charge in [0.25, 0.3) is 11.8 Å². The summed E-state index contributed by atoms with van der Waals surface area (Å²) < 4.78 is 67.2. The molecule has 1 aromatic heterocycles. The summed E-state index contributed by atoms with van der Waals surface area (Å²) >= 11 is 6.26. The Morgan fingerprint density at radius 1 is 1.00 bits per heavy atom. The number of halogens is 6. The molecule has 178 valence electrons. The van der Waals surface area contributed by atoms with Crippen molar-refractivity contribution in [3.8, 4) is 0 Å². The average molecular weight is 506 g/mol. The van der Waals surface area contributed by atoms with Crippen LogP contribution in [-0.2, 0) is 6.18 Å². The van der Waals surface area contributed by atoms with Crippen LogP contribution in [0.1, 0.15) is 43.4 Å². The normalized spacial score (nSPS) is 15.3. The molecule has 11 heteroatoms. The van der Waals surface area contributed by atoms with Crippen molar-refractivity contribution in [3.63, 3.8) is 0 Å². The molecule has 3 N–H and O–H groups in total. The van der Waals surface area contributed by atoms with Crippen molar-refractivity contribution in [2.75, 3.05) is 5.32 Å². The fraction of sp³-hybridized carbons (Fsp3) is 0.0833. The summed E-state index contributed by atoms with van der Waals surface area (Å²) in [6.07, 6.45) is -3.30. The third kappa shape index (κ3) is 3.99. The average Bonchev–Trinajstić information content (AvgIpc) is 3.38. The lowest BCUT2D eigenvalue weighted by atomic mass is 9.94. The zero-order chi connectivity index (χ0) is 25.1. The number of amides is 2. The van der Waals surface area contributed by atoms with Gasteiger partial charge < -0.3 is 15.6 Å². The number of carbonyl (C=O) groups excluding carboxylic acids is 2. The maximum absolute atomic E-state index is 14.0. The monoisotopic (exact) mass is 505 g/mol. The molecule has 5 rings (SSSR count). The molecule has 0 spiro atoms. The number of carbonyl (C=O) groups is 2. The van der Waals surface area contributed by atoms with Gasteiger partial charge in [0.15, 0.2) is 0 Å². The predicted octanol–water partition coefficient (Wildman–Crippen LogP) is 6.20. The third-order valence-corrected chi connectivity index (χ3v) is 6.04. The van der Waals surface area contributed by atoms with Gasteiger partial charge in [-0.2, -0.15) is 13.2 Å². The van der Waals surface area contributed by atoms with Crippen LogP contribution in [-0.4, -0.2) is 16.8 Å². The Labute approximate surface area is 198 Å². The standard InChI is InChI=1S/C24H13ClF5N3O2/c25-16-2-1-12(26)8-15(16)21-20-18(9-17-14(3-4-31-17)19(20)23(35)33-21)32-22(34)10-5-11(24(28,29)30)7-13(27)6-10/h1-9,21,31H,(H,32,34)(H,33,35). The Morgan fingerprint density at radius 3 is 2.51 bits per heavy atom. The molecule has 3 aromatic carbocycles. The maximum atomic E-state index is 14.0. The Kier molecular flexibility index (Phi) is 5.28. The lowest BCUT2D eigenvalue weighted by Crippen LogP contribution is -2.21. The van der Waals surface area contributed by atoms with E-state index in [1.165, 1.54) is 12.1 Å². The summed E-state index contributed by atoms with van der Waals surface area (Å²) in [6, 6.07) is 7.22. The zero-order valence-electron chi connectivity index (χ0n) is 17.4. The predicted molar refractivity (Wildman–Crippen MR) is 118 cm³/mol. The van der Waals surface area contributed by atoms with E-state index in [2.05, 4.69) is 15.6 Å². The number of hydrogen-bond donors (Lipinski definition) is 3. The molecule has 2 amide bonds. The summed E-state index contributed by atoms with van der Waals surface area (Å²) in [7, 11) is 0. The molecule has 0 saturated carbocycles. The second-order valence-electron chi connectivity index (χ2n) is 7.90. The van der Waals surface area contributed by atoms with Crippen molar-refractivity contribution < 1.29 is 31.5 Å². The van der Waals surface area contributed by atoms with Gasteiger partial charge in [0.2, 0.25) is 0 Å². The molecule has 0 fully saturated rings. The van der Waals surface area contributed by atoms with Gasteiger partial charge in [-0.15, -0.1) is 0 Å². The van der Waals surface area contributed by atoms with Crippen LogP contribution in [0.15, 0.2) is 54.7 Å². The minimum Gasteiger partial charge on any atom is -0.361 e. The van der Waals surface area contributed by atoms with Crippen LogP contribution in [0.25, 0.3) is 10.9 Å². The largest absolute Gasteiger partial charge is 0.416 e. The Bertz CT molecular complexity index is 1530. The van der Waals surface area contributed by atoms with E-state index in [4.69, 9.17) is 11.6 Å². The van der Waals surface area contributed by atoms with Crippen molar-refractivity contribution in [3.05, 3.63) is 99.2 Å². The van der Waals surface area contributed by atoms with E-state index in [1.54, 1.807) is 12.3 Å². The number of benzene rings is 3. The topological polar surface area (TPSA) is 74.0 Å². The summed E-state index contributed by atoms with van der Waals surface area (Å²) in [5.41, 5.74) is -0.745. The molecule has 0 aliphatic carbocycles. The van der Waals surface area contributed by atoms with Gasteiger partial charge in [0.05, 0.1) is 17.2 Å². The van der Waals surface area contributed by atoms with Crippen LogP contribution in [0.5, 0.6) is 0 Å². The zero-order valence-corrected chi connectivity index (χ0v) is 18.1. The first-order chi connectivity index (χ1) is 16.5. The highest BCUT2D eigenvalue weighted by Crippen LogP contribution is 2.42. The van der Waals surface area contributed by atoms with Crippen molar-refractivity contribution in [2.45, 2.75) is 12.2 Å². The molecule has 1 aliphatic rings. The number of aromatic nitrogens is 1. The van der Waals surface area contributed by atoms with E-state index in [0.717, 1.165) is 12.1 Å². The Morgan fingerprint density at radius 2 is 1.77 bits per heavy atom. The van der Waals surface area contributed by atoms with Gasteiger partial charge in [-0.25, -0.2) is 8.78 Å². The first-order valence-corrected chi connectivity index (χ1v) is 10.5. The first-order valence-electron chi connectivity index (χ1n) is 10.1. The number of anilines is 1. The van der Waals surface area contributed by atoms with Crippen molar-refractivity contribution >= 4 is 40.0 Å². The van der Waals surface area contributed by atoms with E-state index < -0.39 is 46.8 Å². The second-order valence-corrected chi connectivity index (χ2v) is 8.31. The van der Waals surface area contributed by atoms with E-state index in [9.17, 15) is 31.5 Å². The van der Waals surface area contributed by atoms with Gasteiger partial charge in [0, 0.05) is 44.5 Å². The lowest BCUT2D eigenvalue weighted by Gasteiger charge is -2.18. The molecule has 0 bridgehead atoms. The van der Waals surface area contributed by atoms with Crippen LogP contribution < -0.4 is 10.6 Å². The highest BCUT2D eigenvalue weighted by atomic mass is 35.5. The van der Waals surface area contributed by atoms with Crippen molar-refractivity contribution in [1.82, 2.24) is 10.3 Å². The molecule has 5 nitrogen and oxygen atoms in total. The van der Waals surface area contributed by atoms with Gasteiger partial charge in [-0.1, -0.05) is 11.6 Å². The Hall–Kier alpha value is -3.92. The summed E-state index contributed by atoms with van der Waals surface area (Å²) in [4.78, 5) is 28.7. The van der Waals surface area contributed by atoms with E-state index in [0.29, 0.717) is 23.0 Å². The lowest BCUT2D eigenvalue weighted by molar-refractivity contribution is -0.137. The molecule has 35 heavy (non-hydrogen) atoms. The maximum Gasteiger partial charge on any atom is 0.416 e. The van der Waals surface area contributed by atoms with Crippen LogP contribution in [0.4, 0.5) is 27.6 Å². The summed E-state index contributed by atoms with van der Waals surface area (Å²) in [5, 5.41) is 5.85. The van der Waals surface area contributed by atoms with E-state index in [1.807, 2.05) is 0 Å². The van der Waals surface area contributed by atoms with E-state index >= 15 is 0 Å². The minimum absolute atomic E-state index is 0.0569. The number of nitrogens with one attached hydrogen (secondary N) is 3. The SMILES string of the molecule is O=C(Nc1cc2[nH]ccc2c2c1C(c1cc(F)ccc1Cl)NC2=O)c1cc(F)cc(C(F)(F)F)c1. The van der Waals surface area contributed by atoms with Gasteiger partial charge >= 0.3 is 6.18 Å². The second kappa shape index (κ2) is 8.09. The number of aromatic amines is 1. The molecule has 1 aliphatic heterocycles. The number of fused-ring (bicyclic) bond motifs is 3. The molecule has 0 radical (unpaired) electrons. The molecule has 1 unspecified atom stereocenters. The minimum atomic E-state index is -4.86. The number of hydrogen-bond acceptors (Lipinski definition) is 2. The highest BCUT2D eigenvalue weighted by molar-refractivity contribution is 6.31. The van der Waals surface area contributed by atoms with Crippen LogP contribution in [0, 0.1) is 11.6 Å². The molecule has 4 aromatic rings. The highest BCUT2D eigenvalue weighted by Gasteiger charge is 2.37. The van der Waals surface area contributed by atoms with Gasteiger partial charge in [0.1, 0.15) is 11.6 Å². The van der Waals surface area contributed by atoms with Crippen molar-refractivity contribution in [2.24, 2.45) is 0 Å². The smallest absolute Gasteiger partial charge is 0.361 e. The summed E-state index contributed by atoms with van der Waals surface area (Å²) in [5.74, 6) is -3.40. The van der Waals surface area contributed by atoms with Crippen molar-refractivity contribution in [1.29, 1.82) is 0 Å². The molecule has 2 heterocycles. The van der Waals surface area contributed by atoms with E-state index in [-0.39, 0.29) is 33.5 Å². The quantitative estimate of drug-likeness (QED) is 0.290. The first kappa shape index (κ1) is 22.9. The fourth-order valence-corrected chi connectivity index (χ4v) is 4.42. The fourth-order valence-electron chi connectivity index (χ4n) is 4.19. The number of alkyl halides is 3. The molecular weight excluding hydrogens is 493 g/mol. The summed E-state index contributed by atoms with van der Waals surface area (Å²) in [6.45, 7) is 0. The van der Waals surface area contributed by atoms with Crippen LogP contribution in [0.3, 0.4) is 0 Å². The van der Waals surface area contributed by atoms with Crippen LogP contribution in [0.2, 0.25) is 5.02 Å². The Balaban J connectivity index is 1.65. The van der Waals surface area contributed by atoms with Gasteiger partial charge in [-0.05, 0) is 48.5 Å². The molecule has 0 saturated heterocycles. The number of H-pyrrole nitrogens is 1. The number of rotatable bonds is 3.